The summed E-state index contributed by atoms with van der Waals surface area (Å²) in [5.41, 5.74) is 5.36. The van der Waals surface area contributed by atoms with Crippen LogP contribution in [0.25, 0.3) is 11.0 Å². The fourth-order valence-corrected chi connectivity index (χ4v) is 4.13. The van der Waals surface area contributed by atoms with Crippen LogP contribution >= 0.6 is 0 Å². The summed E-state index contributed by atoms with van der Waals surface area (Å²) in [6, 6.07) is 17.6. The number of aryl methyl sites for hydroxylation is 2. The van der Waals surface area contributed by atoms with Crippen LogP contribution in [-0.2, 0) is 16.1 Å². The number of hydrogen-bond acceptors (Lipinski definition) is 6. The molecule has 1 saturated heterocycles. The number of para-hydroxylation sites is 2. The summed E-state index contributed by atoms with van der Waals surface area (Å²) in [5, 5.41) is 3.35. The molecule has 0 saturated carbocycles. The molecule has 5 rings (SSSR count). The number of ether oxygens (including phenoxy) is 1. The molecule has 3 aromatic heterocycles. The van der Waals surface area contributed by atoms with Gasteiger partial charge in [-0.25, -0.2) is 9.97 Å². The van der Waals surface area contributed by atoms with E-state index in [-0.39, 0.29) is 18.6 Å². The van der Waals surface area contributed by atoms with Gasteiger partial charge in [-0.3, -0.25) is 9.78 Å². The second kappa shape index (κ2) is 8.99. The third kappa shape index (κ3) is 4.70. The molecule has 4 aromatic rings. The zero-order valence-corrected chi connectivity index (χ0v) is 18.7. The summed E-state index contributed by atoms with van der Waals surface area (Å²) in [4.78, 5) is 28.5. The molecule has 1 aromatic carbocycles. The Bertz CT molecular complexity index is 1300. The van der Waals surface area contributed by atoms with E-state index in [1.807, 2.05) is 77.9 Å². The second-order valence-electron chi connectivity index (χ2n) is 8.27. The fourth-order valence-electron chi connectivity index (χ4n) is 4.13. The Morgan fingerprint density at radius 2 is 1.97 bits per heavy atom. The van der Waals surface area contributed by atoms with Gasteiger partial charge in [-0.1, -0.05) is 18.2 Å². The molecular weight excluding hydrogens is 416 g/mol. The quantitative estimate of drug-likeness (QED) is 0.506. The molecule has 1 aliphatic heterocycles. The summed E-state index contributed by atoms with van der Waals surface area (Å²) in [5.74, 6) is 0.821. The summed E-state index contributed by atoms with van der Waals surface area (Å²) in [6.45, 7) is 5.66. The van der Waals surface area contributed by atoms with Crippen molar-refractivity contribution in [2.24, 2.45) is 0 Å². The molecular formula is C25H26N6O2. The van der Waals surface area contributed by atoms with Gasteiger partial charge in [0.2, 0.25) is 5.91 Å². The van der Waals surface area contributed by atoms with Gasteiger partial charge in [0.15, 0.2) is 0 Å². The number of rotatable bonds is 5. The SMILES string of the molecule is Cc1cccc(Nc2cc(C)nc([C@H]3CN(C(=O)Cn4cnc5ccccc54)CCO3)c2)n1. The van der Waals surface area contributed by atoms with Crippen LogP contribution in [0, 0.1) is 13.8 Å². The van der Waals surface area contributed by atoms with E-state index in [4.69, 9.17) is 4.74 Å². The first-order chi connectivity index (χ1) is 16.0. The third-order valence-corrected chi connectivity index (χ3v) is 5.72. The van der Waals surface area contributed by atoms with Crippen molar-refractivity contribution in [2.45, 2.75) is 26.5 Å². The maximum absolute atomic E-state index is 13.1. The summed E-state index contributed by atoms with van der Waals surface area (Å²) in [6.07, 6.45) is 1.44. The predicted octanol–water partition coefficient (Wildman–Crippen LogP) is 3.79. The Morgan fingerprint density at radius 3 is 2.85 bits per heavy atom. The number of imidazole rings is 1. The van der Waals surface area contributed by atoms with E-state index in [0.717, 1.165) is 39.6 Å². The van der Waals surface area contributed by atoms with Crippen molar-refractivity contribution in [1.82, 2.24) is 24.4 Å². The zero-order chi connectivity index (χ0) is 22.8. The normalized spacial score (nSPS) is 16.2. The number of benzene rings is 1. The number of nitrogens with one attached hydrogen (secondary N) is 1. The predicted molar refractivity (Wildman–Crippen MR) is 126 cm³/mol. The number of aromatic nitrogens is 4. The van der Waals surface area contributed by atoms with Crippen molar-refractivity contribution in [3.63, 3.8) is 0 Å². The first-order valence-electron chi connectivity index (χ1n) is 11.0. The van der Waals surface area contributed by atoms with E-state index in [2.05, 4.69) is 20.3 Å². The van der Waals surface area contributed by atoms with Crippen molar-refractivity contribution in [3.8, 4) is 0 Å². The van der Waals surface area contributed by atoms with Crippen LogP contribution in [0.4, 0.5) is 11.5 Å². The number of carbonyl (C=O) groups excluding carboxylic acids is 1. The summed E-state index contributed by atoms with van der Waals surface area (Å²) < 4.78 is 7.90. The topological polar surface area (TPSA) is 85.2 Å². The van der Waals surface area contributed by atoms with Gasteiger partial charge in [-0.2, -0.15) is 0 Å². The van der Waals surface area contributed by atoms with E-state index >= 15 is 0 Å². The minimum absolute atomic E-state index is 0.0430. The van der Waals surface area contributed by atoms with Crippen LogP contribution in [0.2, 0.25) is 0 Å². The average molecular weight is 443 g/mol. The van der Waals surface area contributed by atoms with Gasteiger partial charge < -0.3 is 19.5 Å². The minimum atomic E-state index is -0.284. The van der Waals surface area contributed by atoms with E-state index in [1.165, 1.54) is 0 Å². The van der Waals surface area contributed by atoms with Gasteiger partial charge in [0.05, 0.1) is 36.2 Å². The Kier molecular flexibility index (Phi) is 5.75. The van der Waals surface area contributed by atoms with Crippen LogP contribution in [0.3, 0.4) is 0 Å². The number of hydrogen-bond donors (Lipinski definition) is 1. The lowest BCUT2D eigenvalue weighted by Crippen LogP contribution is -2.43. The first kappa shape index (κ1) is 21.1. The molecule has 1 aliphatic rings. The molecule has 1 atom stereocenters. The molecule has 8 heteroatoms. The third-order valence-electron chi connectivity index (χ3n) is 5.72. The molecule has 8 nitrogen and oxygen atoms in total. The summed E-state index contributed by atoms with van der Waals surface area (Å²) >= 11 is 0. The van der Waals surface area contributed by atoms with Gasteiger partial charge in [0.25, 0.3) is 0 Å². The monoisotopic (exact) mass is 442 g/mol. The zero-order valence-electron chi connectivity index (χ0n) is 18.7. The molecule has 0 aliphatic carbocycles. The van der Waals surface area contributed by atoms with Crippen molar-refractivity contribution in [3.05, 3.63) is 78.0 Å². The highest BCUT2D eigenvalue weighted by molar-refractivity contribution is 5.80. The Hall–Kier alpha value is -3.78. The van der Waals surface area contributed by atoms with Crippen molar-refractivity contribution < 1.29 is 9.53 Å². The number of fused-ring (bicyclic) bond motifs is 1. The highest BCUT2D eigenvalue weighted by Gasteiger charge is 2.27. The van der Waals surface area contributed by atoms with E-state index < -0.39 is 0 Å². The Labute approximate surface area is 192 Å². The average Bonchev–Trinajstić information content (AvgIpc) is 3.21. The van der Waals surface area contributed by atoms with Crippen molar-refractivity contribution in [2.75, 3.05) is 25.0 Å². The van der Waals surface area contributed by atoms with E-state index in [0.29, 0.717) is 19.7 Å². The van der Waals surface area contributed by atoms with Gasteiger partial charge in [0, 0.05) is 23.6 Å². The van der Waals surface area contributed by atoms with Gasteiger partial charge in [0.1, 0.15) is 18.5 Å². The fraction of sp³-hybridized carbons (Fsp3) is 0.280. The number of carbonyl (C=O) groups is 1. The Balaban J connectivity index is 1.31. The molecule has 0 bridgehead atoms. The smallest absolute Gasteiger partial charge is 0.242 e. The lowest BCUT2D eigenvalue weighted by Gasteiger charge is -2.33. The van der Waals surface area contributed by atoms with Crippen LogP contribution in [0.5, 0.6) is 0 Å². The number of pyridine rings is 2. The standard InChI is InChI=1S/C25H26N6O2/c1-17-6-5-9-24(28-17)29-19-12-18(2)27-21(13-19)23-14-30(10-11-33-23)25(32)15-31-16-26-20-7-3-4-8-22(20)31/h3-9,12-13,16,23H,10-11,14-15H2,1-2H3,(H,27,28,29)/t23-/m1/s1. The lowest BCUT2D eigenvalue weighted by atomic mass is 10.1. The Morgan fingerprint density at radius 1 is 1.09 bits per heavy atom. The maximum Gasteiger partial charge on any atom is 0.242 e. The number of amides is 1. The molecule has 1 fully saturated rings. The molecule has 4 heterocycles. The molecule has 1 N–H and O–H groups in total. The van der Waals surface area contributed by atoms with Crippen molar-refractivity contribution >= 4 is 28.4 Å². The molecule has 168 valence electrons. The maximum atomic E-state index is 13.1. The molecule has 0 unspecified atom stereocenters. The number of morpholine rings is 1. The van der Waals surface area contributed by atoms with Gasteiger partial charge >= 0.3 is 0 Å². The molecule has 0 spiro atoms. The molecule has 0 radical (unpaired) electrons. The first-order valence-corrected chi connectivity index (χ1v) is 11.0. The van der Waals surface area contributed by atoms with Crippen LogP contribution in [0.15, 0.2) is 60.9 Å². The highest BCUT2D eigenvalue weighted by atomic mass is 16.5. The van der Waals surface area contributed by atoms with Crippen molar-refractivity contribution in [1.29, 1.82) is 0 Å². The van der Waals surface area contributed by atoms with Crippen LogP contribution in [-0.4, -0.2) is 50.0 Å². The molecule has 1 amide bonds. The van der Waals surface area contributed by atoms with Crippen LogP contribution < -0.4 is 5.32 Å². The lowest BCUT2D eigenvalue weighted by molar-refractivity contribution is -0.139. The number of anilines is 2. The van der Waals surface area contributed by atoms with Gasteiger partial charge in [-0.15, -0.1) is 0 Å². The van der Waals surface area contributed by atoms with Crippen LogP contribution in [0.1, 0.15) is 23.2 Å². The van der Waals surface area contributed by atoms with E-state index in [9.17, 15) is 4.79 Å². The molecule has 33 heavy (non-hydrogen) atoms. The van der Waals surface area contributed by atoms with Gasteiger partial charge in [-0.05, 0) is 50.2 Å². The minimum Gasteiger partial charge on any atom is -0.368 e. The largest absolute Gasteiger partial charge is 0.368 e. The number of nitrogens with zero attached hydrogens (tertiary/aromatic N) is 5. The van der Waals surface area contributed by atoms with E-state index in [1.54, 1.807) is 6.33 Å². The second-order valence-corrected chi connectivity index (χ2v) is 8.27. The summed E-state index contributed by atoms with van der Waals surface area (Å²) in [7, 11) is 0. The highest BCUT2D eigenvalue weighted by Crippen LogP contribution is 2.26.